The van der Waals surface area contributed by atoms with Crippen LogP contribution in [0.1, 0.15) is 32.3 Å². The highest BCUT2D eigenvalue weighted by Crippen LogP contribution is 2.24. The normalized spacial score (nSPS) is 17.7. The molecule has 1 saturated heterocycles. The Bertz CT molecular complexity index is 583. The monoisotopic (exact) mass is 347 g/mol. The first kappa shape index (κ1) is 19.1. The van der Waals surface area contributed by atoms with E-state index in [-0.39, 0.29) is 25.4 Å². The van der Waals surface area contributed by atoms with Crippen molar-refractivity contribution in [3.8, 4) is 0 Å². The van der Waals surface area contributed by atoms with Crippen molar-refractivity contribution in [2.75, 3.05) is 19.8 Å². The number of hydrogen-bond donors (Lipinski definition) is 0. The third kappa shape index (κ3) is 5.13. The molecule has 0 bridgehead atoms. The number of carbonyl (C=O) groups is 3. The number of ether oxygens (including phenoxy) is 2. The number of ketones is 1. The molecular weight excluding hydrogens is 322 g/mol. The van der Waals surface area contributed by atoms with Crippen LogP contribution >= 0.6 is 0 Å². The SMILES string of the molecule is CCOC(=O)C(C[C@H]1C(=O)CCN1Cc1ccccc1)C(=O)OCC. The maximum Gasteiger partial charge on any atom is 0.320 e. The third-order valence-corrected chi connectivity index (χ3v) is 4.29. The van der Waals surface area contributed by atoms with Gasteiger partial charge in [-0.05, 0) is 25.8 Å². The maximum atomic E-state index is 12.3. The van der Waals surface area contributed by atoms with Gasteiger partial charge in [0.15, 0.2) is 11.7 Å². The van der Waals surface area contributed by atoms with Gasteiger partial charge >= 0.3 is 11.9 Å². The molecule has 0 aliphatic carbocycles. The van der Waals surface area contributed by atoms with E-state index in [0.717, 1.165) is 5.56 Å². The van der Waals surface area contributed by atoms with Crippen LogP contribution in [0.4, 0.5) is 0 Å². The summed E-state index contributed by atoms with van der Waals surface area (Å²) in [5.74, 6) is -2.26. The third-order valence-electron chi connectivity index (χ3n) is 4.29. The van der Waals surface area contributed by atoms with Crippen LogP contribution < -0.4 is 0 Å². The predicted molar refractivity (Wildman–Crippen MR) is 91.6 cm³/mol. The molecule has 0 unspecified atom stereocenters. The van der Waals surface area contributed by atoms with E-state index >= 15 is 0 Å². The molecule has 1 atom stereocenters. The lowest BCUT2D eigenvalue weighted by Gasteiger charge is -2.25. The smallest absolute Gasteiger partial charge is 0.320 e. The van der Waals surface area contributed by atoms with E-state index in [1.807, 2.05) is 35.2 Å². The fourth-order valence-corrected chi connectivity index (χ4v) is 3.07. The van der Waals surface area contributed by atoms with Gasteiger partial charge in [-0.3, -0.25) is 19.3 Å². The summed E-state index contributed by atoms with van der Waals surface area (Å²) in [6.45, 7) is 4.96. The molecule has 1 aromatic carbocycles. The lowest BCUT2D eigenvalue weighted by Crippen LogP contribution is -2.39. The number of nitrogens with zero attached hydrogens (tertiary/aromatic N) is 1. The topological polar surface area (TPSA) is 72.9 Å². The fourth-order valence-electron chi connectivity index (χ4n) is 3.07. The average Bonchev–Trinajstić information content (AvgIpc) is 2.93. The van der Waals surface area contributed by atoms with E-state index in [0.29, 0.717) is 19.5 Å². The number of carbonyl (C=O) groups excluding carboxylic acids is 3. The molecule has 6 heteroatoms. The van der Waals surface area contributed by atoms with Gasteiger partial charge in [-0.2, -0.15) is 0 Å². The second-order valence-electron chi connectivity index (χ2n) is 5.98. The van der Waals surface area contributed by atoms with Crippen molar-refractivity contribution in [2.24, 2.45) is 5.92 Å². The molecule has 0 radical (unpaired) electrons. The highest BCUT2D eigenvalue weighted by Gasteiger charge is 2.40. The Morgan fingerprint density at radius 3 is 2.28 bits per heavy atom. The zero-order valence-electron chi connectivity index (χ0n) is 14.8. The zero-order chi connectivity index (χ0) is 18.2. The molecule has 136 valence electrons. The number of esters is 2. The van der Waals surface area contributed by atoms with Gasteiger partial charge in [0.1, 0.15) is 0 Å². The molecule has 2 rings (SSSR count). The van der Waals surface area contributed by atoms with E-state index < -0.39 is 23.9 Å². The second-order valence-corrected chi connectivity index (χ2v) is 5.98. The summed E-state index contributed by atoms with van der Waals surface area (Å²) in [6, 6.07) is 9.35. The van der Waals surface area contributed by atoms with Crippen molar-refractivity contribution in [1.29, 1.82) is 0 Å². The van der Waals surface area contributed by atoms with Crippen molar-refractivity contribution < 1.29 is 23.9 Å². The van der Waals surface area contributed by atoms with Crippen LogP contribution in [0, 0.1) is 5.92 Å². The van der Waals surface area contributed by atoms with Crippen LogP contribution in [0.5, 0.6) is 0 Å². The van der Waals surface area contributed by atoms with Crippen molar-refractivity contribution >= 4 is 17.7 Å². The Morgan fingerprint density at radius 2 is 1.72 bits per heavy atom. The highest BCUT2D eigenvalue weighted by molar-refractivity contribution is 5.96. The molecule has 1 fully saturated rings. The Morgan fingerprint density at radius 1 is 1.12 bits per heavy atom. The zero-order valence-corrected chi connectivity index (χ0v) is 14.8. The Hall–Kier alpha value is -2.21. The predicted octanol–water partition coefficient (Wildman–Crippen LogP) is 1.96. The summed E-state index contributed by atoms with van der Waals surface area (Å²) < 4.78 is 10.0. The lowest BCUT2D eigenvalue weighted by molar-refractivity contribution is -0.162. The molecule has 0 N–H and O–H groups in total. The molecule has 0 amide bonds. The molecule has 1 aromatic rings. The Balaban J connectivity index is 2.12. The van der Waals surface area contributed by atoms with Gasteiger partial charge in [-0.25, -0.2) is 0 Å². The van der Waals surface area contributed by atoms with Crippen molar-refractivity contribution in [3.05, 3.63) is 35.9 Å². The molecule has 0 spiro atoms. The minimum atomic E-state index is -1.06. The lowest BCUT2D eigenvalue weighted by atomic mass is 9.97. The summed E-state index contributed by atoms with van der Waals surface area (Å²) in [6.07, 6.45) is 0.527. The van der Waals surface area contributed by atoms with Crippen LogP contribution in [0.25, 0.3) is 0 Å². The van der Waals surface area contributed by atoms with E-state index in [4.69, 9.17) is 9.47 Å². The highest BCUT2D eigenvalue weighted by atomic mass is 16.6. The first-order chi connectivity index (χ1) is 12.1. The van der Waals surface area contributed by atoms with Crippen LogP contribution in [-0.4, -0.2) is 48.4 Å². The standard InChI is InChI=1S/C19H25NO5/c1-3-24-18(22)15(19(23)25-4-2)12-16-17(21)10-11-20(16)13-14-8-6-5-7-9-14/h5-9,15-16H,3-4,10-13H2,1-2H3/t16-/m0/s1. The first-order valence-electron chi connectivity index (χ1n) is 8.70. The van der Waals surface area contributed by atoms with Crippen molar-refractivity contribution in [1.82, 2.24) is 4.90 Å². The van der Waals surface area contributed by atoms with Gasteiger partial charge in [0.05, 0.1) is 19.3 Å². The van der Waals surface area contributed by atoms with Crippen LogP contribution in [0.2, 0.25) is 0 Å². The van der Waals surface area contributed by atoms with Crippen molar-refractivity contribution in [2.45, 2.75) is 39.3 Å². The van der Waals surface area contributed by atoms with Crippen LogP contribution in [0.3, 0.4) is 0 Å². The Labute approximate surface area is 148 Å². The van der Waals surface area contributed by atoms with E-state index in [1.165, 1.54) is 0 Å². The molecule has 6 nitrogen and oxygen atoms in total. The number of hydrogen-bond acceptors (Lipinski definition) is 6. The molecule has 0 aromatic heterocycles. The summed E-state index contributed by atoms with van der Waals surface area (Å²) in [4.78, 5) is 38.7. The van der Waals surface area contributed by atoms with Gasteiger partial charge in [-0.1, -0.05) is 30.3 Å². The molecular formula is C19H25NO5. The largest absolute Gasteiger partial charge is 0.465 e. The first-order valence-corrected chi connectivity index (χ1v) is 8.70. The molecule has 1 heterocycles. The van der Waals surface area contributed by atoms with Gasteiger partial charge in [0, 0.05) is 19.5 Å². The molecule has 1 aliphatic heterocycles. The summed E-state index contributed by atoms with van der Waals surface area (Å²) >= 11 is 0. The van der Waals surface area contributed by atoms with Crippen LogP contribution in [0.15, 0.2) is 30.3 Å². The second kappa shape index (κ2) is 9.32. The molecule has 0 saturated carbocycles. The fraction of sp³-hybridized carbons (Fsp3) is 0.526. The molecule has 25 heavy (non-hydrogen) atoms. The minimum Gasteiger partial charge on any atom is -0.465 e. The van der Waals surface area contributed by atoms with Gasteiger partial charge < -0.3 is 9.47 Å². The quantitative estimate of drug-likeness (QED) is 0.529. The van der Waals surface area contributed by atoms with Crippen LogP contribution in [-0.2, 0) is 30.4 Å². The number of likely N-dealkylation sites (tertiary alicyclic amines) is 1. The summed E-state index contributed by atoms with van der Waals surface area (Å²) in [7, 11) is 0. The number of rotatable bonds is 8. The molecule has 1 aliphatic rings. The number of Topliss-reactive ketones (excluding diaryl/α,β-unsaturated/α-hetero) is 1. The van der Waals surface area contributed by atoms with Gasteiger partial charge in [0.25, 0.3) is 0 Å². The van der Waals surface area contributed by atoms with E-state index in [2.05, 4.69) is 0 Å². The number of benzene rings is 1. The Kier molecular flexibility index (Phi) is 7.13. The van der Waals surface area contributed by atoms with E-state index in [9.17, 15) is 14.4 Å². The van der Waals surface area contributed by atoms with Gasteiger partial charge in [0.2, 0.25) is 0 Å². The van der Waals surface area contributed by atoms with Crippen molar-refractivity contribution in [3.63, 3.8) is 0 Å². The maximum absolute atomic E-state index is 12.3. The minimum absolute atomic E-state index is 0.0505. The van der Waals surface area contributed by atoms with E-state index in [1.54, 1.807) is 13.8 Å². The summed E-state index contributed by atoms with van der Waals surface area (Å²) in [5.41, 5.74) is 1.09. The van der Waals surface area contributed by atoms with Gasteiger partial charge in [-0.15, -0.1) is 0 Å². The summed E-state index contributed by atoms with van der Waals surface area (Å²) in [5, 5.41) is 0. The average molecular weight is 347 g/mol.